The van der Waals surface area contributed by atoms with E-state index in [1.165, 1.54) is 11.3 Å². The first-order valence-electron chi connectivity index (χ1n) is 6.63. The van der Waals surface area contributed by atoms with Gasteiger partial charge in [-0.1, -0.05) is 12.1 Å². The minimum atomic E-state index is 0.120. The van der Waals surface area contributed by atoms with Gasteiger partial charge in [-0.15, -0.1) is 0 Å². The van der Waals surface area contributed by atoms with Gasteiger partial charge >= 0.3 is 0 Å². The van der Waals surface area contributed by atoms with Gasteiger partial charge in [-0.05, 0) is 31.7 Å². The van der Waals surface area contributed by atoms with E-state index in [9.17, 15) is 0 Å². The first-order valence-corrected chi connectivity index (χ1v) is 6.63. The summed E-state index contributed by atoms with van der Waals surface area (Å²) in [4.78, 5) is 6.61. The normalized spacial score (nSPS) is 12.4. The van der Waals surface area contributed by atoms with Crippen molar-refractivity contribution in [2.45, 2.75) is 19.5 Å². The quantitative estimate of drug-likeness (QED) is 0.893. The maximum Gasteiger partial charge on any atom is 0.130 e. The molecule has 102 valence electrons. The van der Waals surface area contributed by atoms with Gasteiger partial charge in [0, 0.05) is 38.7 Å². The van der Waals surface area contributed by atoms with Gasteiger partial charge in [-0.2, -0.15) is 0 Å². The number of benzene rings is 1. The average molecular weight is 258 g/mol. The van der Waals surface area contributed by atoms with E-state index in [1.54, 1.807) is 0 Å². The largest absolute Gasteiger partial charge is 0.378 e. The number of aromatic nitrogens is 2. The molecule has 1 atom stereocenters. The molecule has 1 aromatic carbocycles. The first kappa shape index (κ1) is 13.6. The number of nitrogens with zero attached hydrogens (tertiary/aromatic N) is 3. The van der Waals surface area contributed by atoms with Gasteiger partial charge in [-0.25, -0.2) is 4.98 Å². The number of anilines is 1. The van der Waals surface area contributed by atoms with Crippen molar-refractivity contribution < 1.29 is 0 Å². The number of hydrogen-bond acceptors (Lipinski definition) is 3. The molecule has 2 rings (SSSR count). The maximum atomic E-state index is 4.50. The number of aryl methyl sites for hydroxylation is 1. The molecule has 19 heavy (non-hydrogen) atoms. The Bertz CT molecular complexity index is 530. The number of nitrogens with one attached hydrogen (secondary N) is 1. The van der Waals surface area contributed by atoms with Gasteiger partial charge in [-0.3, -0.25) is 0 Å². The highest BCUT2D eigenvalue weighted by Crippen LogP contribution is 2.24. The summed E-state index contributed by atoms with van der Waals surface area (Å²) in [5.74, 6) is 1.06. The second-order valence-corrected chi connectivity index (χ2v) is 4.78. The Morgan fingerprint density at radius 1 is 1.37 bits per heavy atom. The van der Waals surface area contributed by atoms with Crippen molar-refractivity contribution in [3.63, 3.8) is 0 Å². The van der Waals surface area contributed by atoms with Crippen LogP contribution in [-0.2, 0) is 6.54 Å². The van der Waals surface area contributed by atoms with E-state index in [0.717, 1.165) is 12.4 Å². The number of hydrogen-bond donors (Lipinski definition) is 1. The zero-order valence-corrected chi connectivity index (χ0v) is 12.1. The zero-order chi connectivity index (χ0) is 13.8. The molecule has 0 saturated heterocycles. The van der Waals surface area contributed by atoms with Crippen LogP contribution in [0.25, 0.3) is 0 Å². The molecular weight excluding hydrogens is 236 g/mol. The Kier molecular flexibility index (Phi) is 4.22. The van der Waals surface area contributed by atoms with E-state index in [1.807, 2.05) is 19.4 Å². The van der Waals surface area contributed by atoms with Crippen molar-refractivity contribution in [3.8, 4) is 0 Å². The van der Waals surface area contributed by atoms with Crippen LogP contribution in [0.3, 0.4) is 0 Å². The Balaban J connectivity index is 2.39. The Morgan fingerprint density at radius 3 is 2.79 bits per heavy atom. The predicted octanol–water partition coefficient (Wildman–Crippen LogP) is 2.28. The van der Waals surface area contributed by atoms with Crippen LogP contribution in [0.1, 0.15) is 24.4 Å². The lowest BCUT2D eigenvalue weighted by molar-refractivity contribution is 0.590. The molecule has 0 aliphatic carbocycles. The fourth-order valence-electron chi connectivity index (χ4n) is 2.28. The summed E-state index contributed by atoms with van der Waals surface area (Å²) in [7, 11) is 6.09. The summed E-state index contributed by atoms with van der Waals surface area (Å²) in [5.41, 5.74) is 2.43. The van der Waals surface area contributed by atoms with Crippen LogP contribution in [-0.4, -0.2) is 30.7 Å². The molecule has 1 N–H and O–H groups in total. The van der Waals surface area contributed by atoms with Crippen molar-refractivity contribution in [2.24, 2.45) is 0 Å². The van der Waals surface area contributed by atoms with E-state index in [-0.39, 0.29) is 6.04 Å². The lowest BCUT2D eigenvalue weighted by Crippen LogP contribution is -2.22. The molecule has 4 nitrogen and oxygen atoms in total. The highest BCUT2D eigenvalue weighted by Gasteiger charge is 2.17. The van der Waals surface area contributed by atoms with Crippen molar-refractivity contribution in [3.05, 3.63) is 48.0 Å². The first-order chi connectivity index (χ1) is 9.17. The fourth-order valence-corrected chi connectivity index (χ4v) is 2.28. The molecule has 4 heteroatoms. The topological polar surface area (TPSA) is 33.1 Å². The standard InChI is InChI=1S/C15H22N4/c1-5-19-10-9-17-15(19)14(16-2)12-7-6-8-13(11-12)18(3)4/h6-11,14,16H,5H2,1-4H3. The van der Waals surface area contributed by atoms with Crippen molar-refractivity contribution in [1.29, 1.82) is 0 Å². The molecule has 1 unspecified atom stereocenters. The fraction of sp³-hybridized carbons (Fsp3) is 0.400. The van der Waals surface area contributed by atoms with E-state index in [0.29, 0.717) is 0 Å². The van der Waals surface area contributed by atoms with Gasteiger partial charge < -0.3 is 14.8 Å². The van der Waals surface area contributed by atoms with E-state index in [2.05, 4.69) is 65.1 Å². The molecule has 0 amide bonds. The number of rotatable bonds is 5. The summed E-state index contributed by atoms with van der Waals surface area (Å²) in [6, 6.07) is 8.67. The second-order valence-electron chi connectivity index (χ2n) is 4.78. The van der Waals surface area contributed by atoms with Crippen LogP contribution in [0.5, 0.6) is 0 Å². The van der Waals surface area contributed by atoms with Crippen LogP contribution < -0.4 is 10.2 Å². The average Bonchev–Trinajstić information content (AvgIpc) is 2.88. The van der Waals surface area contributed by atoms with E-state index < -0.39 is 0 Å². The molecule has 0 radical (unpaired) electrons. The Labute approximate surface area is 115 Å². The van der Waals surface area contributed by atoms with Crippen LogP contribution in [0.15, 0.2) is 36.7 Å². The lowest BCUT2D eigenvalue weighted by atomic mass is 10.1. The van der Waals surface area contributed by atoms with Gasteiger partial charge in [0.15, 0.2) is 0 Å². The molecule has 1 aromatic heterocycles. The Hall–Kier alpha value is -1.81. The summed E-state index contributed by atoms with van der Waals surface area (Å²) >= 11 is 0. The summed E-state index contributed by atoms with van der Waals surface area (Å²) in [5, 5.41) is 3.36. The SMILES string of the molecule is CCn1ccnc1C(NC)c1cccc(N(C)C)c1. The van der Waals surface area contributed by atoms with Gasteiger partial charge in [0.1, 0.15) is 5.82 Å². The molecular formula is C15H22N4. The monoisotopic (exact) mass is 258 g/mol. The van der Waals surface area contributed by atoms with Crippen LogP contribution >= 0.6 is 0 Å². The number of imidazole rings is 1. The Morgan fingerprint density at radius 2 is 2.16 bits per heavy atom. The highest BCUT2D eigenvalue weighted by atomic mass is 15.1. The lowest BCUT2D eigenvalue weighted by Gasteiger charge is -2.20. The van der Waals surface area contributed by atoms with Crippen LogP contribution in [0.4, 0.5) is 5.69 Å². The van der Waals surface area contributed by atoms with E-state index in [4.69, 9.17) is 0 Å². The molecule has 0 spiro atoms. The van der Waals surface area contributed by atoms with Crippen molar-refractivity contribution in [2.75, 3.05) is 26.0 Å². The van der Waals surface area contributed by atoms with Crippen molar-refractivity contribution in [1.82, 2.24) is 14.9 Å². The molecule has 1 heterocycles. The van der Waals surface area contributed by atoms with Crippen molar-refractivity contribution >= 4 is 5.69 Å². The van der Waals surface area contributed by atoms with Gasteiger partial charge in [0.05, 0.1) is 6.04 Å². The molecule has 0 saturated carbocycles. The molecule has 0 aliphatic heterocycles. The van der Waals surface area contributed by atoms with Crippen LogP contribution in [0.2, 0.25) is 0 Å². The summed E-state index contributed by atoms with van der Waals surface area (Å²) in [6.07, 6.45) is 3.88. The van der Waals surface area contributed by atoms with Gasteiger partial charge in [0.25, 0.3) is 0 Å². The van der Waals surface area contributed by atoms with E-state index >= 15 is 0 Å². The minimum Gasteiger partial charge on any atom is -0.378 e. The third-order valence-electron chi connectivity index (χ3n) is 3.36. The third kappa shape index (κ3) is 2.79. The van der Waals surface area contributed by atoms with Crippen LogP contribution in [0, 0.1) is 0 Å². The zero-order valence-electron chi connectivity index (χ0n) is 12.1. The minimum absolute atomic E-state index is 0.120. The maximum absolute atomic E-state index is 4.50. The molecule has 0 fully saturated rings. The predicted molar refractivity (Wildman–Crippen MR) is 79.6 cm³/mol. The summed E-state index contributed by atoms with van der Waals surface area (Å²) in [6.45, 7) is 3.06. The molecule has 0 aliphatic rings. The summed E-state index contributed by atoms with van der Waals surface area (Å²) < 4.78 is 2.17. The molecule has 2 aromatic rings. The van der Waals surface area contributed by atoms with Gasteiger partial charge in [0.2, 0.25) is 0 Å². The highest BCUT2D eigenvalue weighted by molar-refractivity contribution is 5.48. The molecule has 0 bridgehead atoms. The second kappa shape index (κ2) is 5.89. The smallest absolute Gasteiger partial charge is 0.130 e. The third-order valence-corrected chi connectivity index (χ3v) is 3.36.